The summed E-state index contributed by atoms with van der Waals surface area (Å²) in [6.45, 7) is 0. The van der Waals surface area contributed by atoms with Gasteiger partial charge in [-0.2, -0.15) is 0 Å². The van der Waals surface area contributed by atoms with E-state index < -0.39 is 0 Å². The maximum Gasteiger partial charge on any atom is 0.148 e. The molecule has 7 aromatic rings. The molecule has 2 aliphatic heterocycles. The van der Waals surface area contributed by atoms with Crippen LogP contribution < -0.4 is 20.0 Å². The van der Waals surface area contributed by atoms with Crippen LogP contribution in [0.3, 0.4) is 0 Å². The monoisotopic (exact) mass is 577 g/mol. The van der Waals surface area contributed by atoms with Gasteiger partial charge in [0.25, 0.3) is 0 Å². The third kappa shape index (κ3) is 3.10. The van der Waals surface area contributed by atoms with E-state index in [0.717, 1.165) is 29.2 Å². The summed E-state index contributed by atoms with van der Waals surface area (Å²) in [4.78, 5) is 0. The Morgan fingerprint density at radius 3 is 2.36 bits per heavy atom. The predicted molar refractivity (Wildman–Crippen MR) is 181 cm³/mol. The van der Waals surface area contributed by atoms with Crippen molar-refractivity contribution in [3.8, 4) is 33.8 Å². The number of allylic oxidation sites excluding steroid dienone is 2. The minimum absolute atomic E-state index is 0.0253. The molecule has 45 heavy (non-hydrogen) atoms. The van der Waals surface area contributed by atoms with E-state index >= 15 is 0 Å². The molecular formula is C42H27NO2. The lowest BCUT2D eigenvalue weighted by Crippen LogP contribution is -2.34. The molecule has 2 aliphatic carbocycles. The van der Waals surface area contributed by atoms with Crippen LogP contribution in [-0.4, -0.2) is 10.5 Å². The zero-order chi connectivity index (χ0) is 29.2. The summed E-state index contributed by atoms with van der Waals surface area (Å²) in [6, 6.07) is 37.5. The molecule has 0 N–H and O–H groups in total. The molecule has 0 fully saturated rings. The van der Waals surface area contributed by atoms with Gasteiger partial charge in [-0.15, -0.1) is 0 Å². The van der Waals surface area contributed by atoms with Crippen LogP contribution in [0.15, 0.2) is 127 Å². The predicted octanol–water partition coefficient (Wildman–Crippen LogP) is 8.46. The van der Waals surface area contributed by atoms with Gasteiger partial charge in [0.05, 0.1) is 22.3 Å². The van der Waals surface area contributed by atoms with E-state index in [0.29, 0.717) is 0 Å². The number of fused-ring (bicyclic) bond motifs is 13. The zero-order valence-corrected chi connectivity index (χ0v) is 24.4. The highest BCUT2D eigenvalue weighted by atomic mass is 16.5. The van der Waals surface area contributed by atoms with Gasteiger partial charge in [0.15, 0.2) is 0 Å². The molecule has 0 radical (unpaired) electrons. The molecule has 212 valence electrons. The van der Waals surface area contributed by atoms with Gasteiger partial charge in [0.1, 0.15) is 23.4 Å². The fourth-order valence-electron chi connectivity index (χ4n) is 8.40. The largest absolute Gasteiger partial charge is 0.483 e. The Morgan fingerprint density at radius 1 is 0.622 bits per heavy atom. The van der Waals surface area contributed by atoms with Crippen LogP contribution in [0.25, 0.3) is 61.3 Å². The van der Waals surface area contributed by atoms with Gasteiger partial charge >= 0.3 is 0 Å². The molecule has 5 aromatic carbocycles. The molecule has 0 spiro atoms. The first kappa shape index (κ1) is 23.9. The second kappa shape index (κ2) is 8.55. The quantitative estimate of drug-likeness (QED) is 0.206. The lowest BCUT2D eigenvalue weighted by atomic mass is 9.90. The Bertz CT molecular complexity index is 2590. The molecule has 2 aromatic heterocycles. The normalized spacial score (nSPS) is 20.4. The molecule has 3 nitrogen and oxygen atoms in total. The molecule has 4 heterocycles. The highest BCUT2D eigenvalue weighted by Gasteiger charge is 2.37. The van der Waals surface area contributed by atoms with Crippen LogP contribution in [0.1, 0.15) is 29.4 Å². The fourth-order valence-corrected chi connectivity index (χ4v) is 8.40. The van der Waals surface area contributed by atoms with Gasteiger partial charge in [0, 0.05) is 38.4 Å². The number of benzene rings is 5. The Morgan fingerprint density at radius 2 is 1.42 bits per heavy atom. The summed E-state index contributed by atoms with van der Waals surface area (Å²) in [5.74, 6) is 3.49. The summed E-state index contributed by atoms with van der Waals surface area (Å²) in [5, 5.41) is 6.19. The number of aromatic nitrogens is 1. The van der Waals surface area contributed by atoms with E-state index in [2.05, 4.69) is 138 Å². The average molecular weight is 578 g/mol. The maximum absolute atomic E-state index is 6.81. The van der Waals surface area contributed by atoms with Crippen molar-refractivity contribution in [3.63, 3.8) is 0 Å². The van der Waals surface area contributed by atoms with E-state index in [9.17, 15) is 0 Å². The number of para-hydroxylation sites is 1. The van der Waals surface area contributed by atoms with Gasteiger partial charge in [-0.05, 0) is 59.0 Å². The van der Waals surface area contributed by atoms with E-state index in [-0.39, 0.29) is 17.9 Å². The summed E-state index contributed by atoms with van der Waals surface area (Å²) >= 11 is 0. The van der Waals surface area contributed by atoms with Crippen LogP contribution in [0.5, 0.6) is 11.5 Å². The van der Waals surface area contributed by atoms with Crippen molar-refractivity contribution in [2.45, 2.75) is 24.4 Å². The third-order valence-electron chi connectivity index (χ3n) is 10.4. The molecule has 0 amide bonds. The van der Waals surface area contributed by atoms with Gasteiger partial charge in [0.2, 0.25) is 0 Å². The van der Waals surface area contributed by atoms with Crippen molar-refractivity contribution in [1.82, 2.24) is 4.40 Å². The highest BCUT2D eigenvalue weighted by Crippen LogP contribution is 2.49. The Balaban J connectivity index is 1.26. The molecule has 3 unspecified atom stereocenters. The summed E-state index contributed by atoms with van der Waals surface area (Å²) in [7, 11) is 0. The number of hydrogen-bond donors (Lipinski definition) is 0. The van der Waals surface area contributed by atoms with Gasteiger partial charge in [-0.25, -0.2) is 0 Å². The number of hydrogen-bond acceptors (Lipinski definition) is 2. The van der Waals surface area contributed by atoms with E-state index in [1.54, 1.807) is 0 Å². The van der Waals surface area contributed by atoms with Crippen molar-refractivity contribution in [1.29, 1.82) is 0 Å². The fraction of sp³-hybridized carbons (Fsp3) is 0.0952. The minimum Gasteiger partial charge on any atom is -0.483 e. The standard InChI is InChI=1S/C42H27NO2/c1-2-9-24(10-3-1)25-11-8-12-26(21-25)27-22-34-30-17-19-32-28-13-4-6-15-36(28)44-41(32)39(30)43-38(34)35(23-27)31-18-20-33-29-14-5-7-16-37(29)45-42(33)40(31)43/h1-19,21-23,28,33,36H,20H2. The Labute approximate surface area is 259 Å². The lowest BCUT2D eigenvalue weighted by molar-refractivity contribution is 0.271. The Kier molecular flexibility index (Phi) is 4.53. The molecule has 0 saturated carbocycles. The molecule has 3 heteroatoms. The van der Waals surface area contributed by atoms with Crippen LogP contribution in [0, 0.1) is 0 Å². The van der Waals surface area contributed by atoms with Crippen LogP contribution in [0.2, 0.25) is 0 Å². The molecule has 3 atom stereocenters. The topological polar surface area (TPSA) is 22.9 Å². The second-order valence-corrected chi connectivity index (χ2v) is 12.7. The van der Waals surface area contributed by atoms with Crippen molar-refractivity contribution < 1.29 is 9.47 Å². The first-order valence-electron chi connectivity index (χ1n) is 15.9. The molecule has 0 bridgehead atoms. The summed E-state index contributed by atoms with van der Waals surface area (Å²) in [6.07, 6.45) is 12.1. The first-order chi connectivity index (χ1) is 22.3. The van der Waals surface area contributed by atoms with E-state index in [1.165, 1.54) is 65.6 Å². The maximum atomic E-state index is 6.81. The van der Waals surface area contributed by atoms with Gasteiger partial charge in [-0.1, -0.05) is 103 Å². The minimum atomic E-state index is 0.0253. The summed E-state index contributed by atoms with van der Waals surface area (Å²) in [5.41, 5.74) is 9.83. The SMILES string of the molecule is C1=CC2Oc3c(ccc4c5cc(-c6cccc(-c7ccccc7)c6)cc6c7c(n(c34)c65)=C3Oc4ccccc4C3CC=7)C2C=C1. The second-order valence-electron chi connectivity index (χ2n) is 12.7. The smallest absolute Gasteiger partial charge is 0.148 e. The molecular weight excluding hydrogens is 550 g/mol. The molecule has 4 aliphatic rings. The summed E-state index contributed by atoms with van der Waals surface area (Å²) < 4.78 is 16.0. The molecule has 11 rings (SSSR count). The van der Waals surface area contributed by atoms with Crippen molar-refractivity contribution >= 4 is 39.0 Å². The third-order valence-corrected chi connectivity index (χ3v) is 10.4. The van der Waals surface area contributed by atoms with Crippen molar-refractivity contribution in [3.05, 3.63) is 149 Å². The lowest BCUT2D eigenvalue weighted by Gasteiger charge is -2.14. The first-order valence-corrected chi connectivity index (χ1v) is 15.9. The number of rotatable bonds is 2. The van der Waals surface area contributed by atoms with Crippen LogP contribution >= 0.6 is 0 Å². The Hall–Kier alpha value is -5.54. The van der Waals surface area contributed by atoms with Gasteiger partial charge < -0.3 is 13.9 Å². The molecule has 0 saturated heterocycles. The van der Waals surface area contributed by atoms with E-state index in [4.69, 9.17) is 9.47 Å². The number of nitrogens with zero attached hydrogens (tertiary/aromatic N) is 1. The van der Waals surface area contributed by atoms with E-state index in [1.807, 2.05) is 0 Å². The average Bonchev–Trinajstić information content (AvgIpc) is 3.84. The van der Waals surface area contributed by atoms with Gasteiger partial charge in [-0.3, -0.25) is 0 Å². The van der Waals surface area contributed by atoms with Crippen LogP contribution in [0.4, 0.5) is 0 Å². The highest BCUT2D eigenvalue weighted by molar-refractivity contribution is 6.18. The van der Waals surface area contributed by atoms with Crippen molar-refractivity contribution in [2.75, 3.05) is 0 Å². The van der Waals surface area contributed by atoms with Crippen LogP contribution in [-0.2, 0) is 0 Å². The van der Waals surface area contributed by atoms with Crippen molar-refractivity contribution in [2.24, 2.45) is 0 Å². The number of ether oxygens (including phenoxy) is 2. The zero-order valence-electron chi connectivity index (χ0n) is 24.4.